The van der Waals surface area contributed by atoms with Crippen molar-refractivity contribution >= 4 is 40.7 Å². The molecule has 0 radical (unpaired) electrons. The van der Waals surface area contributed by atoms with Crippen LogP contribution in [0.3, 0.4) is 0 Å². The minimum absolute atomic E-state index is 0.300. The van der Waals surface area contributed by atoms with Crippen LogP contribution in [-0.2, 0) is 4.74 Å². The number of aromatic nitrogens is 1. The summed E-state index contributed by atoms with van der Waals surface area (Å²) in [5.41, 5.74) is 2.18. The maximum Gasteiger partial charge on any atom is 0.338 e. The minimum atomic E-state index is -0.360. The van der Waals surface area contributed by atoms with E-state index in [9.17, 15) is 9.59 Å². The van der Waals surface area contributed by atoms with Crippen LogP contribution in [-0.4, -0.2) is 23.5 Å². The number of hydrogen-bond donors (Lipinski definition) is 2. The van der Waals surface area contributed by atoms with Gasteiger partial charge in [0, 0.05) is 11.9 Å². The maximum atomic E-state index is 12.3. The molecule has 0 aliphatic heterocycles. The first-order valence-electron chi connectivity index (χ1n) is 8.63. The topological polar surface area (TPSA) is 80.3 Å². The molecule has 1 amide bonds. The van der Waals surface area contributed by atoms with Crippen LogP contribution in [0.2, 0.25) is 5.02 Å². The lowest BCUT2D eigenvalue weighted by molar-refractivity contribution is 0.0526. The Morgan fingerprint density at radius 1 is 1.00 bits per heavy atom. The molecule has 1 aromatic heterocycles. The number of ether oxygens (including phenoxy) is 1. The molecule has 0 saturated carbocycles. The van der Waals surface area contributed by atoms with E-state index in [0.29, 0.717) is 34.3 Å². The zero-order valence-corrected chi connectivity index (χ0v) is 15.9. The Kier molecular flexibility index (Phi) is 6.24. The lowest BCUT2D eigenvalue weighted by atomic mass is 10.2. The molecular formula is C21H18ClN3O3. The number of nitrogens with zero attached hydrogens (tertiary/aromatic N) is 1. The molecule has 0 unspecified atom stereocenters. The molecule has 0 atom stereocenters. The van der Waals surface area contributed by atoms with E-state index in [1.807, 2.05) is 0 Å². The zero-order valence-electron chi connectivity index (χ0n) is 15.1. The van der Waals surface area contributed by atoms with Gasteiger partial charge in [0.25, 0.3) is 5.91 Å². The summed E-state index contributed by atoms with van der Waals surface area (Å²) in [7, 11) is 0. The molecule has 3 aromatic rings. The van der Waals surface area contributed by atoms with Crippen LogP contribution in [0.4, 0.5) is 17.2 Å². The van der Waals surface area contributed by atoms with Crippen LogP contribution in [0, 0.1) is 0 Å². The third-order valence-electron chi connectivity index (χ3n) is 3.82. The highest BCUT2D eigenvalue weighted by Crippen LogP contribution is 2.21. The van der Waals surface area contributed by atoms with Crippen molar-refractivity contribution in [3.8, 4) is 0 Å². The number of anilines is 3. The number of halogens is 1. The van der Waals surface area contributed by atoms with E-state index < -0.39 is 0 Å². The molecule has 2 N–H and O–H groups in total. The van der Waals surface area contributed by atoms with E-state index in [2.05, 4.69) is 15.6 Å². The van der Waals surface area contributed by atoms with Gasteiger partial charge in [0.2, 0.25) is 0 Å². The van der Waals surface area contributed by atoms with Crippen LogP contribution in [0.1, 0.15) is 27.6 Å². The molecule has 0 bridgehead atoms. The first kappa shape index (κ1) is 19.4. The number of carbonyl (C=O) groups is 2. The molecule has 7 heteroatoms. The van der Waals surface area contributed by atoms with Crippen LogP contribution in [0.25, 0.3) is 0 Å². The highest BCUT2D eigenvalue weighted by Gasteiger charge is 2.09. The molecule has 0 aliphatic rings. The Labute approximate surface area is 167 Å². The largest absolute Gasteiger partial charge is 0.462 e. The van der Waals surface area contributed by atoms with Gasteiger partial charge < -0.3 is 15.4 Å². The third-order valence-corrected chi connectivity index (χ3v) is 4.15. The summed E-state index contributed by atoms with van der Waals surface area (Å²) in [5, 5.41) is 6.32. The number of hydrogen-bond acceptors (Lipinski definition) is 5. The van der Waals surface area contributed by atoms with Gasteiger partial charge in [-0.15, -0.1) is 0 Å². The number of esters is 1. The molecule has 2 aromatic carbocycles. The van der Waals surface area contributed by atoms with E-state index in [1.54, 1.807) is 67.6 Å². The van der Waals surface area contributed by atoms with Crippen molar-refractivity contribution < 1.29 is 14.3 Å². The van der Waals surface area contributed by atoms with Gasteiger partial charge in [-0.05, 0) is 55.5 Å². The zero-order chi connectivity index (χ0) is 19.9. The molecule has 6 nitrogen and oxygen atoms in total. The number of benzene rings is 2. The van der Waals surface area contributed by atoms with Crippen molar-refractivity contribution in [1.29, 1.82) is 0 Å². The van der Waals surface area contributed by atoms with Gasteiger partial charge >= 0.3 is 5.97 Å². The summed E-state index contributed by atoms with van der Waals surface area (Å²) in [4.78, 5) is 28.2. The van der Waals surface area contributed by atoms with Gasteiger partial charge in [-0.25, -0.2) is 9.78 Å². The number of amides is 1. The Balaban J connectivity index is 1.63. The number of pyridine rings is 1. The van der Waals surface area contributed by atoms with Crippen LogP contribution >= 0.6 is 11.6 Å². The van der Waals surface area contributed by atoms with Crippen molar-refractivity contribution in [3.63, 3.8) is 0 Å². The summed E-state index contributed by atoms with van der Waals surface area (Å²) in [6, 6.07) is 17.2. The maximum absolute atomic E-state index is 12.3. The van der Waals surface area contributed by atoms with Gasteiger partial charge in [0.05, 0.1) is 28.4 Å². The summed E-state index contributed by atoms with van der Waals surface area (Å²) in [6.45, 7) is 2.09. The van der Waals surface area contributed by atoms with Crippen LogP contribution < -0.4 is 10.6 Å². The average Bonchev–Trinajstić information content (AvgIpc) is 2.71. The Morgan fingerprint density at radius 2 is 1.71 bits per heavy atom. The molecule has 3 rings (SSSR count). The van der Waals surface area contributed by atoms with E-state index >= 15 is 0 Å². The number of para-hydroxylation sites is 1. The fourth-order valence-electron chi connectivity index (χ4n) is 2.41. The van der Waals surface area contributed by atoms with E-state index in [-0.39, 0.29) is 11.9 Å². The number of carbonyl (C=O) groups excluding carboxylic acids is 2. The second kappa shape index (κ2) is 9.01. The van der Waals surface area contributed by atoms with Crippen LogP contribution in [0.5, 0.6) is 0 Å². The molecule has 0 saturated heterocycles. The Bertz CT molecular complexity index is 973. The van der Waals surface area contributed by atoms with Gasteiger partial charge in [-0.3, -0.25) is 4.79 Å². The second-order valence-corrected chi connectivity index (χ2v) is 6.20. The standard InChI is InChI=1S/C21H18ClN3O3/c1-2-28-21(27)14-7-10-16(11-8-14)24-19-12-9-15(13-23-19)20(26)25-18-6-4-3-5-17(18)22/h3-13H,2H2,1H3,(H,23,24)(H,25,26). The van der Waals surface area contributed by atoms with Crippen molar-refractivity contribution in [2.45, 2.75) is 6.92 Å². The molecule has 142 valence electrons. The van der Waals surface area contributed by atoms with Gasteiger partial charge in [0.1, 0.15) is 5.82 Å². The predicted octanol–water partition coefficient (Wildman–Crippen LogP) is 4.91. The molecular weight excluding hydrogens is 378 g/mol. The highest BCUT2D eigenvalue weighted by molar-refractivity contribution is 6.33. The SMILES string of the molecule is CCOC(=O)c1ccc(Nc2ccc(C(=O)Nc3ccccc3Cl)cn2)cc1. The normalized spacial score (nSPS) is 10.2. The summed E-state index contributed by atoms with van der Waals surface area (Å²) in [6.07, 6.45) is 1.47. The van der Waals surface area contributed by atoms with Crippen LogP contribution in [0.15, 0.2) is 66.9 Å². The second-order valence-electron chi connectivity index (χ2n) is 5.79. The quantitative estimate of drug-likeness (QED) is 0.580. The molecule has 28 heavy (non-hydrogen) atoms. The Hall–Kier alpha value is -3.38. The lowest BCUT2D eigenvalue weighted by Gasteiger charge is -2.09. The van der Waals surface area contributed by atoms with Crippen molar-refractivity contribution in [2.24, 2.45) is 0 Å². The van der Waals surface area contributed by atoms with E-state index in [1.165, 1.54) is 6.20 Å². The monoisotopic (exact) mass is 395 g/mol. The van der Waals surface area contributed by atoms with E-state index in [0.717, 1.165) is 5.69 Å². The average molecular weight is 396 g/mol. The summed E-state index contributed by atoms with van der Waals surface area (Å²) >= 11 is 6.05. The summed E-state index contributed by atoms with van der Waals surface area (Å²) < 4.78 is 4.95. The fraction of sp³-hybridized carbons (Fsp3) is 0.0952. The molecule has 0 aliphatic carbocycles. The number of nitrogens with one attached hydrogen (secondary N) is 2. The first-order chi connectivity index (χ1) is 13.6. The van der Waals surface area contributed by atoms with Gasteiger partial charge in [0.15, 0.2) is 0 Å². The number of rotatable bonds is 6. The minimum Gasteiger partial charge on any atom is -0.462 e. The third kappa shape index (κ3) is 4.86. The van der Waals surface area contributed by atoms with Crippen molar-refractivity contribution in [1.82, 2.24) is 4.98 Å². The van der Waals surface area contributed by atoms with Crippen molar-refractivity contribution in [2.75, 3.05) is 17.2 Å². The van der Waals surface area contributed by atoms with Crippen molar-refractivity contribution in [3.05, 3.63) is 83.0 Å². The van der Waals surface area contributed by atoms with Gasteiger partial charge in [-0.1, -0.05) is 23.7 Å². The summed E-state index contributed by atoms with van der Waals surface area (Å²) in [5.74, 6) is -0.0924. The smallest absolute Gasteiger partial charge is 0.338 e. The van der Waals surface area contributed by atoms with E-state index in [4.69, 9.17) is 16.3 Å². The fourth-order valence-corrected chi connectivity index (χ4v) is 2.59. The molecule has 0 spiro atoms. The lowest BCUT2D eigenvalue weighted by Crippen LogP contribution is -2.12. The molecule has 0 fully saturated rings. The highest BCUT2D eigenvalue weighted by atomic mass is 35.5. The predicted molar refractivity (Wildman–Crippen MR) is 109 cm³/mol. The Morgan fingerprint density at radius 3 is 2.36 bits per heavy atom. The molecule has 1 heterocycles. The van der Waals surface area contributed by atoms with Gasteiger partial charge in [-0.2, -0.15) is 0 Å². The first-order valence-corrected chi connectivity index (χ1v) is 9.00.